The van der Waals surface area contributed by atoms with Crippen LogP contribution in [0.1, 0.15) is 12.0 Å². The molecule has 0 fully saturated rings. The highest BCUT2D eigenvalue weighted by atomic mass is 16.5. The molecule has 0 aliphatic heterocycles. The lowest BCUT2D eigenvalue weighted by Gasteiger charge is -2.12. The summed E-state index contributed by atoms with van der Waals surface area (Å²) in [5, 5.41) is 5.83. The molecule has 2 rings (SSSR count). The van der Waals surface area contributed by atoms with Gasteiger partial charge in [0.25, 0.3) is 0 Å². The number of aryl methyl sites for hydroxylation is 1. The SMILES string of the molecule is CNCCC(=O)Nc1ccccc1Oc1ccc(C)cc1. The average molecular weight is 284 g/mol. The fraction of sp³-hybridized carbons (Fsp3) is 0.235. The number of amides is 1. The highest BCUT2D eigenvalue weighted by Crippen LogP contribution is 2.29. The molecule has 2 N–H and O–H groups in total. The van der Waals surface area contributed by atoms with Crippen molar-refractivity contribution in [2.24, 2.45) is 0 Å². The Bertz CT molecular complexity index is 594. The Balaban J connectivity index is 2.09. The molecule has 0 radical (unpaired) electrons. The maximum Gasteiger partial charge on any atom is 0.225 e. The van der Waals surface area contributed by atoms with Gasteiger partial charge in [0.15, 0.2) is 5.75 Å². The number of carbonyl (C=O) groups excluding carboxylic acids is 1. The Morgan fingerprint density at radius 2 is 1.81 bits per heavy atom. The molecule has 21 heavy (non-hydrogen) atoms. The number of hydrogen-bond donors (Lipinski definition) is 2. The van der Waals surface area contributed by atoms with Crippen molar-refractivity contribution in [2.75, 3.05) is 18.9 Å². The summed E-state index contributed by atoms with van der Waals surface area (Å²) in [6.07, 6.45) is 0.426. The summed E-state index contributed by atoms with van der Waals surface area (Å²) >= 11 is 0. The standard InChI is InChI=1S/C17H20N2O2/c1-13-7-9-14(10-8-13)21-16-6-4-3-5-15(16)19-17(20)11-12-18-2/h3-10,18H,11-12H2,1-2H3,(H,19,20). The molecule has 0 unspecified atom stereocenters. The van der Waals surface area contributed by atoms with Crippen LogP contribution in [0.2, 0.25) is 0 Å². The molecule has 110 valence electrons. The van der Waals surface area contributed by atoms with E-state index in [1.165, 1.54) is 5.56 Å². The first-order valence-corrected chi connectivity index (χ1v) is 6.97. The Hall–Kier alpha value is -2.33. The molecule has 0 aromatic heterocycles. The second-order valence-corrected chi connectivity index (χ2v) is 4.81. The van der Waals surface area contributed by atoms with Crippen molar-refractivity contribution < 1.29 is 9.53 Å². The zero-order valence-corrected chi connectivity index (χ0v) is 12.3. The van der Waals surface area contributed by atoms with E-state index in [0.717, 1.165) is 5.75 Å². The quantitative estimate of drug-likeness (QED) is 0.855. The van der Waals surface area contributed by atoms with Gasteiger partial charge in [0.05, 0.1) is 5.69 Å². The minimum atomic E-state index is -0.0377. The van der Waals surface area contributed by atoms with E-state index >= 15 is 0 Å². The monoisotopic (exact) mass is 284 g/mol. The summed E-state index contributed by atoms with van der Waals surface area (Å²) in [7, 11) is 1.82. The third-order valence-corrected chi connectivity index (χ3v) is 3.01. The van der Waals surface area contributed by atoms with Gasteiger partial charge in [-0.1, -0.05) is 29.8 Å². The predicted octanol–water partition coefficient (Wildman–Crippen LogP) is 3.34. The lowest BCUT2D eigenvalue weighted by molar-refractivity contribution is -0.116. The number of hydrogen-bond acceptors (Lipinski definition) is 3. The van der Waals surface area contributed by atoms with Crippen LogP contribution in [0.25, 0.3) is 0 Å². The Kier molecular flexibility index (Phi) is 5.35. The normalized spacial score (nSPS) is 10.2. The lowest BCUT2D eigenvalue weighted by Crippen LogP contribution is -2.18. The van der Waals surface area contributed by atoms with E-state index in [1.54, 1.807) is 0 Å². The van der Waals surface area contributed by atoms with Gasteiger partial charge < -0.3 is 15.4 Å². The van der Waals surface area contributed by atoms with E-state index in [-0.39, 0.29) is 5.91 Å². The van der Waals surface area contributed by atoms with E-state index in [4.69, 9.17) is 4.74 Å². The highest BCUT2D eigenvalue weighted by Gasteiger charge is 2.08. The first-order valence-electron chi connectivity index (χ1n) is 6.97. The second kappa shape index (κ2) is 7.45. The molecule has 0 heterocycles. The largest absolute Gasteiger partial charge is 0.455 e. The molecule has 0 aliphatic carbocycles. The van der Waals surface area contributed by atoms with Gasteiger partial charge in [-0.2, -0.15) is 0 Å². The van der Waals surface area contributed by atoms with Crippen LogP contribution in [-0.4, -0.2) is 19.5 Å². The van der Waals surface area contributed by atoms with Gasteiger partial charge in [-0.25, -0.2) is 0 Å². The van der Waals surface area contributed by atoms with Gasteiger partial charge in [0.2, 0.25) is 5.91 Å². The van der Waals surface area contributed by atoms with Crippen LogP contribution < -0.4 is 15.4 Å². The highest BCUT2D eigenvalue weighted by molar-refractivity contribution is 5.92. The van der Waals surface area contributed by atoms with Crippen LogP contribution >= 0.6 is 0 Å². The Labute approximate surface area is 125 Å². The summed E-state index contributed by atoms with van der Waals surface area (Å²) in [5.41, 5.74) is 1.86. The zero-order chi connectivity index (χ0) is 15.1. The Morgan fingerprint density at radius 1 is 1.10 bits per heavy atom. The third-order valence-electron chi connectivity index (χ3n) is 3.01. The summed E-state index contributed by atoms with van der Waals surface area (Å²) in [4.78, 5) is 11.8. The van der Waals surface area contributed by atoms with Crippen LogP contribution in [0.3, 0.4) is 0 Å². The van der Waals surface area contributed by atoms with Gasteiger partial charge in [0.1, 0.15) is 5.75 Å². The van der Waals surface area contributed by atoms with E-state index in [9.17, 15) is 4.79 Å². The molecule has 0 bridgehead atoms. The van der Waals surface area contributed by atoms with E-state index in [0.29, 0.717) is 24.4 Å². The van der Waals surface area contributed by atoms with Crippen molar-refractivity contribution in [3.8, 4) is 11.5 Å². The maximum atomic E-state index is 11.8. The lowest BCUT2D eigenvalue weighted by atomic mass is 10.2. The maximum absolute atomic E-state index is 11.8. The van der Waals surface area contributed by atoms with Crippen molar-refractivity contribution in [3.63, 3.8) is 0 Å². The smallest absolute Gasteiger partial charge is 0.225 e. The fourth-order valence-corrected chi connectivity index (χ4v) is 1.84. The van der Waals surface area contributed by atoms with E-state index in [1.807, 2.05) is 62.5 Å². The molecule has 0 spiro atoms. The van der Waals surface area contributed by atoms with Crippen molar-refractivity contribution in [3.05, 3.63) is 54.1 Å². The topological polar surface area (TPSA) is 50.4 Å². The van der Waals surface area contributed by atoms with Gasteiger partial charge in [-0.3, -0.25) is 4.79 Å². The zero-order valence-electron chi connectivity index (χ0n) is 12.3. The molecular weight excluding hydrogens is 264 g/mol. The van der Waals surface area contributed by atoms with Crippen molar-refractivity contribution in [1.29, 1.82) is 0 Å². The Morgan fingerprint density at radius 3 is 2.52 bits per heavy atom. The molecule has 0 atom stereocenters. The number of benzene rings is 2. The van der Waals surface area contributed by atoms with Crippen LogP contribution in [0.15, 0.2) is 48.5 Å². The minimum Gasteiger partial charge on any atom is -0.455 e. The second-order valence-electron chi connectivity index (χ2n) is 4.81. The van der Waals surface area contributed by atoms with Gasteiger partial charge >= 0.3 is 0 Å². The molecule has 4 heteroatoms. The van der Waals surface area contributed by atoms with Crippen LogP contribution in [0.4, 0.5) is 5.69 Å². The summed E-state index contributed by atoms with van der Waals surface area (Å²) in [5.74, 6) is 1.35. The van der Waals surface area contributed by atoms with Crippen LogP contribution in [0.5, 0.6) is 11.5 Å². The number of nitrogens with one attached hydrogen (secondary N) is 2. The minimum absolute atomic E-state index is 0.0377. The molecule has 4 nitrogen and oxygen atoms in total. The van der Waals surface area contributed by atoms with Crippen molar-refractivity contribution in [1.82, 2.24) is 5.32 Å². The van der Waals surface area contributed by atoms with Crippen LogP contribution in [0, 0.1) is 6.92 Å². The number of carbonyl (C=O) groups is 1. The number of anilines is 1. The summed E-state index contributed by atoms with van der Waals surface area (Å²) in [6.45, 7) is 2.67. The predicted molar refractivity (Wildman–Crippen MR) is 84.9 cm³/mol. The number of ether oxygens (including phenoxy) is 1. The van der Waals surface area contributed by atoms with Crippen molar-refractivity contribution >= 4 is 11.6 Å². The molecule has 2 aromatic rings. The molecule has 2 aromatic carbocycles. The molecule has 0 aliphatic rings. The number of rotatable bonds is 6. The van der Waals surface area contributed by atoms with Crippen LogP contribution in [-0.2, 0) is 4.79 Å². The van der Waals surface area contributed by atoms with Crippen molar-refractivity contribution in [2.45, 2.75) is 13.3 Å². The average Bonchev–Trinajstić information content (AvgIpc) is 2.49. The molecular formula is C17H20N2O2. The molecule has 1 amide bonds. The first-order chi connectivity index (χ1) is 10.2. The van der Waals surface area contributed by atoms with E-state index < -0.39 is 0 Å². The van der Waals surface area contributed by atoms with Gasteiger partial charge in [0, 0.05) is 13.0 Å². The first kappa shape index (κ1) is 15.1. The van der Waals surface area contributed by atoms with Gasteiger partial charge in [-0.15, -0.1) is 0 Å². The molecule has 0 saturated heterocycles. The number of para-hydroxylation sites is 2. The van der Waals surface area contributed by atoms with E-state index in [2.05, 4.69) is 10.6 Å². The summed E-state index contributed by atoms with van der Waals surface area (Å²) in [6, 6.07) is 15.2. The fourth-order valence-electron chi connectivity index (χ4n) is 1.84. The molecule has 0 saturated carbocycles. The summed E-state index contributed by atoms with van der Waals surface area (Å²) < 4.78 is 5.84. The third kappa shape index (κ3) is 4.61. The van der Waals surface area contributed by atoms with Gasteiger partial charge in [-0.05, 0) is 38.2 Å².